The van der Waals surface area contributed by atoms with Crippen LogP contribution in [0.3, 0.4) is 0 Å². The maximum Gasteiger partial charge on any atom is 0.345 e. The Hall–Kier alpha value is -2.93. The molecule has 7 heteroatoms. The number of rotatable bonds is 7. The van der Waals surface area contributed by atoms with Crippen LogP contribution in [0.1, 0.15) is 23.2 Å². The first-order chi connectivity index (χ1) is 11.8. The SMILES string of the molecule is C=CCC=C.COC.O=C(O)CC(OC(=O)c1ccccc1)C(=O)O. The number of hydrogen-bond acceptors (Lipinski definition) is 5. The lowest BCUT2D eigenvalue weighted by atomic mass is 10.2. The van der Waals surface area contributed by atoms with Crippen molar-refractivity contribution in [2.75, 3.05) is 14.2 Å². The second-order valence-electron chi connectivity index (χ2n) is 4.42. The summed E-state index contributed by atoms with van der Waals surface area (Å²) < 4.78 is 8.84. The van der Waals surface area contributed by atoms with Gasteiger partial charge in [0.15, 0.2) is 0 Å². The van der Waals surface area contributed by atoms with Gasteiger partial charge < -0.3 is 19.7 Å². The number of carboxylic acid groups (broad SMARTS) is 2. The fraction of sp³-hybridized carbons (Fsp3) is 0.278. The molecule has 1 aromatic carbocycles. The summed E-state index contributed by atoms with van der Waals surface area (Å²) in [4.78, 5) is 32.5. The van der Waals surface area contributed by atoms with Crippen LogP contribution in [0.25, 0.3) is 0 Å². The number of ether oxygens (including phenoxy) is 2. The Labute approximate surface area is 147 Å². The van der Waals surface area contributed by atoms with Crippen molar-refractivity contribution in [3.63, 3.8) is 0 Å². The molecule has 0 spiro atoms. The minimum atomic E-state index is -1.68. The molecule has 0 saturated heterocycles. The van der Waals surface area contributed by atoms with E-state index in [2.05, 4.69) is 22.6 Å². The monoisotopic (exact) mass is 352 g/mol. The second-order valence-corrected chi connectivity index (χ2v) is 4.42. The van der Waals surface area contributed by atoms with Crippen LogP contribution < -0.4 is 0 Å². The fourth-order valence-corrected chi connectivity index (χ4v) is 1.23. The van der Waals surface area contributed by atoms with Gasteiger partial charge in [0, 0.05) is 14.2 Å². The zero-order valence-electron chi connectivity index (χ0n) is 14.4. The summed E-state index contributed by atoms with van der Waals surface area (Å²) >= 11 is 0. The highest BCUT2D eigenvalue weighted by Gasteiger charge is 2.25. The molecular formula is C18H24O7. The molecule has 1 aromatic rings. The molecule has 0 bridgehead atoms. The van der Waals surface area contributed by atoms with Gasteiger partial charge in [-0.25, -0.2) is 9.59 Å². The van der Waals surface area contributed by atoms with Crippen LogP contribution in [0.5, 0.6) is 0 Å². The maximum atomic E-state index is 11.5. The topological polar surface area (TPSA) is 110 Å². The van der Waals surface area contributed by atoms with E-state index in [1.807, 2.05) is 12.2 Å². The molecule has 25 heavy (non-hydrogen) atoms. The maximum absolute atomic E-state index is 11.5. The van der Waals surface area contributed by atoms with E-state index in [9.17, 15) is 14.4 Å². The molecule has 0 fully saturated rings. The van der Waals surface area contributed by atoms with E-state index in [0.29, 0.717) is 0 Å². The smallest absolute Gasteiger partial charge is 0.345 e. The minimum Gasteiger partial charge on any atom is -0.481 e. The number of carboxylic acids is 2. The van der Waals surface area contributed by atoms with E-state index in [-0.39, 0.29) is 5.56 Å². The van der Waals surface area contributed by atoms with Crippen LogP contribution in [0.15, 0.2) is 55.6 Å². The highest BCUT2D eigenvalue weighted by molar-refractivity contribution is 5.92. The summed E-state index contributed by atoms with van der Waals surface area (Å²) in [5.41, 5.74) is 0.170. The third kappa shape index (κ3) is 14.4. The number of hydrogen-bond donors (Lipinski definition) is 2. The number of carbonyl (C=O) groups excluding carboxylic acids is 1. The number of carbonyl (C=O) groups is 3. The summed E-state index contributed by atoms with van der Waals surface area (Å²) in [6, 6.07) is 7.75. The lowest BCUT2D eigenvalue weighted by Crippen LogP contribution is -2.29. The van der Waals surface area contributed by atoms with Crippen molar-refractivity contribution in [3.8, 4) is 0 Å². The molecule has 0 aliphatic rings. The summed E-state index contributed by atoms with van der Waals surface area (Å²) in [5, 5.41) is 17.1. The van der Waals surface area contributed by atoms with E-state index < -0.39 is 30.4 Å². The second kappa shape index (κ2) is 15.9. The number of methoxy groups -OCH3 is 1. The normalized spacial score (nSPS) is 9.84. The zero-order chi connectivity index (χ0) is 19.7. The Bertz CT molecular complexity index is 532. The van der Waals surface area contributed by atoms with Gasteiger partial charge >= 0.3 is 17.9 Å². The molecule has 0 saturated carbocycles. The molecule has 0 aliphatic carbocycles. The van der Waals surface area contributed by atoms with Crippen LogP contribution in [0, 0.1) is 0 Å². The molecule has 138 valence electrons. The molecule has 0 aliphatic heterocycles. The van der Waals surface area contributed by atoms with Gasteiger partial charge in [0.25, 0.3) is 0 Å². The zero-order valence-corrected chi connectivity index (χ0v) is 14.4. The first-order valence-corrected chi connectivity index (χ1v) is 7.16. The van der Waals surface area contributed by atoms with Crippen LogP contribution in [-0.4, -0.2) is 48.4 Å². The number of aliphatic carboxylic acids is 2. The van der Waals surface area contributed by atoms with Crippen LogP contribution >= 0.6 is 0 Å². The Morgan fingerprint density at radius 3 is 1.88 bits per heavy atom. The minimum absolute atomic E-state index is 0.170. The fourth-order valence-electron chi connectivity index (χ4n) is 1.23. The Morgan fingerprint density at radius 2 is 1.56 bits per heavy atom. The van der Waals surface area contributed by atoms with Gasteiger partial charge in [-0.3, -0.25) is 4.79 Å². The van der Waals surface area contributed by atoms with Crippen molar-refractivity contribution in [1.82, 2.24) is 0 Å². The summed E-state index contributed by atoms with van der Waals surface area (Å²) in [7, 11) is 3.25. The van der Waals surface area contributed by atoms with E-state index in [1.54, 1.807) is 32.4 Å². The Kier molecular flexibility index (Phi) is 15.5. The lowest BCUT2D eigenvalue weighted by molar-refractivity contribution is -0.153. The van der Waals surface area contributed by atoms with Crippen molar-refractivity contribution < 1.29 is 34.1 Å². The Balaban J connectivity index is 0. The summed E-state index contributed by atoms with van der Waals surface area (Å²) in [6.07, 6.45) is 2.09. The van der Waals surface area contributed by atoms with Crippen molar-refractivity contribution in [2.45, 2.75) is 18.9 Å². The molecule has 0 amide bonds. The average Bonchev–Trinajstić information content (AvgIpc) is 2.56. The van der Waals surface area contributed by atoms with Gasteiger partial charge in [0.05, 0.1) is 12.0 Å². The van der Waals surface area contributed by atoms with Gasteiger partial charge in [-0.2, -0.15) is 0 Å². The first-order valence-electron chi connectivity index (χ1n) is 7.16. The van der Waals surface area contributed by atoms with E-state index in [4.69, 9.17) is 10.2 Å². The van der Waals surface area contributed by atoms with Crippen molar-refractivity contribution in [2.24, 2.45) is 0 Å². The standard InChI is InChI=1S/C11H10O6.C5H8.C2H6O/c12-9(13)6-8(10(14)15)17-11(16)7-4-2-1-3-5-7;1-3-5-4-2;1-3-2/h1-5,8H,6H2,(H,12,13)(H,14,15);3-4H,1-2,5H2;1-2H3. The van der Waals surface area contributed by atoms with Gasteiger partial charge in [-0.15, -0.1) is 13.2 Å². The number of esters is 1. The average molecular weight is 352 g/mol. The van der Waals surface area contributed by atoms with E-state index in [0.717, 1.165) is 6.42 Å². The number of allylic oxidation sites excluding steroid dienone is 2. The Morgan fingerprint density at radius 1 is 1.08 bits per heavy atom. The molecule has 0 aromatic heterocycles. The van der Waals surface area contributed by atoms with Crippen LogP contribution in [-0.2, 0) is 19.1 Å². The predicted octanol–water partition coefficient (Wildman–Crippen LogP) is 2.78. The van der Waals surface area contributed by atoms with Crippen molar-refractivity contribution in [1.29, 1.82) is 0 Å². The highest BCUT2D eigenvalue weighted by Crippen LogP contribution is 2.06. The van der Waals surface area contributed by atoms with Crippen LogP contribution in [0.4, 0.5) is 0 Å². The summed E-state index contributed by atoms with van der Waals surface area (Å²) in [5.74, 6) is -3.70. The molecule has 1 unspecified atom stereocenters. The molecule has 2 N–H and O–H groups in total. The predicted molar refractivity (Wildman–Crippen MR) is 93.5 cm³/mol. The van der Waals surface area contributed by atoms with Gasteiger partial charge in [0.1, 0.15) is 0 Å². The quantitative estimate of drug-likeness (QED) is 0.573. The molecule has 0 radical (unpaired) electrons. The van der Waals surface area contributed by atoms with Crippen molar-refractivity contribution >= 4 is 17.9 Å². The molecule has 1 rings (SSSR count). The van der Waals surface area contributed by atoms with E-state index in [1.165, 1.54) is 12.1 Å². The van der Waals surface area contributed by atoms with Gasteiger partial charge in [-0.1, -0.05) is 30.4 Å². The molecule has 7 nitrogen and oxygen atoms in total. The first kappa shape index (κ1) is 24.3. The number of benzene rings is 1. The lowest BCUT2D eigenvalue weighted by Gasteiger charge is -2.11. The molecular weight excluding hydrogens is 328 g/mol. The molecule has 1 atom stereocenters. The van der Waals surface area contributed by atoms with Crippen molar-refractivity contribution in [3.05, 3.63) is 61.2 Å². The van der Waals surface area contributed by atoms with E-state index >= 15 is 0 Å². The highest BCUT2D eigenvalue weighted by atomic mass is 16.6. The van der Waals surface area contributed by atoms with Crippen LogP contribution in [0.2, 0.25) is 0 Å². The largest absolute Gasteiger partial charge is 0.481 e. The molecule has 0 heterocycles. The third-order valence-electron chi connectivity index (χ3n) is 2.23. The summed E-state index contributed by atoms with van der Waals surface area (Å²) in [6.45, 7) is 6.96. The van der Waals surface area contributed by atoms with Gasteiger partial charge in [-0.05, 0) is 18.6 Å². The third-order valence-corrected chi connectivity index (χ3v) is 2.23. The van der Waals surface area contributed by atoms with Gasteiger partial charge in [0.2, 0.25) is 6.10 Å².